The van der Waals surface area contributed by atoms with E-state index in [0.29, 0.717) is 22.3 Å². The molecule has 0 bridgehead atoms. The van der Waals surface area contributed by atoms with E-state index >= 15 is 0 Å². The maximum Gasteiger partial charge on any atom is 0.245 e. The molecule has 1 atom stereocenters. The average molecular weight is 510 g/mol. The van der Waals surface area contributed by atoms with Gasteiger partial charge in [-0.25, -0.2) is 5.43 Å². The maximum atomic E-state index is 12.6. The van der Waals surface area contributed by atoms with E-state index in [1.807, 2.05) is 44.2 Å². The van der Waals surface area contributed by atoms with Crippen LogP contribution in [-0.2, 0) is 16.2 Å². The SMILES string of the molecule is Cc1ccc(N2C[C@@H](C(=O)N/N=C\c3ccc(OCc4c(Cl)cccc4Cl)cc3)CC2=O)cc1C. The Labute approximate surface area is 214 Å². The molecular weight excluding hydrogens is 485 g/mol. The number of hydrogen-bond acceptors (Lipinski definition) is 4. The second-order valence-corrected chi connectivity index (χ2v) is 9.28. The molecule has 1 aliphatic rings. The van der Waals surface area contributed by atoms with Crippen LogP contribution in [0.1, 0.15) is 28.7 Å². The molecule has 8 heteroatoms. The highest BCUT2D eigenvalue weighted by molar-refractivity contribution is 6.35. The number of hydrogen-bond donors (Lipinski definition) is 1. The van der Waals surface area contributed by atoms with E-state index < -0.39 is 5.92 Å². The first-order valence-electron chi connectivity index (χ1n) is 11.2. The van der Waals surface area contributed by atoms with Gasteiger partial charge in [-0.2, -0.15) is 5.10 Å². The summed E-state index contributed by atoms with van der Waals surface area (Å²) < 4.78 is 5.77. The third-order valence-electron chi connectivity index (χ3n) is 6.01. The summed E-state index contributed by atoms with van der Waals surface area (Å²) in [4.78, 5) is 26.7. The molecule has 0 aromatic heterocycles. The molecule has 1 heterocycles. The van der Waals surface area contributed by atoms with Crippen LogP contribution in [0.15, 0.2) is 65.8 Å². The minimum atomic E-state index is -0.450. The Kier molecular flexibility index (Phi) is 7.73. The predicted molar refractivity (Wildman–Crippen MR) is 139 cm³/mol. The van der Waals surface area contributed by atoms with Gasteiger partial charge in [0.1, 0.15) is 12.4 Å². The molecule has 3 aromatic rings. The highest BCUT2D eigenvalue weighted by Crippen LogP contribution is 2.27. The van der Waals surface area contributed by atoms with Crippen LogP contribution in [0, 0.1) is 19.8 Å². The lowest BCUT2D eigenvalue weighted by atomic mass is 10.1. The molecule has 0 unspecified atom stereocenters. The summed E-state index contributed by atoms with van der Waals surface area (Å²) >= 11 is 12.3. The fourth-order valence-corrected chi connectivity index (χ4v) is 4.27. The summed E-state index contributed by atoms with van der Waals surface area (Å²) in [5, 5.41) is 5.16. The fourth-order valence-electron chi connectivity index (χ4n) is 3.76. The molecule has 0 saturated carbocycles. The van der Waals surface area contributed by atoms with Crippen LogP contribution in [0.25, 0.3) is 0 Å². The van der Waals surface area contributed by atoms with Gasteiger partial charge >= 0.3 is 0 Å². The van der Waals surface area contributed by atoms with Gasteiger partial charge in [0.2, 0.25) is 11.8 Å². The van der Waals surface area contributed by atoms with E-state index in [2.05, 4.69) is 10.5 Å². The van der Waals surface area contributed by atoms with Gasteiger partial charge in [-0.3, -0.25) is 9.59 Å². The first-order valence-corrected chi connectivity index (χ1v) is 11.9. The highest BCUT2D eigenvalue weighted by Gasteiger charge is 2.35. The molecule has 6 nitrogen and oxygen atoms in total. The molecule has 1 fully saturated rings. The molecule has 1 aliphatic heterocycles. The lowest BCUT2D eigenvalue weighted by Crippen LogP contribution is -2.30. The zero-order valence-electron chi connectivity index (χ0n) is 19.4. The predicted octanol–water partition coefficient (Wildman–Crippen LogP) is 5.69. The summed E-state index contributed by atoms with van der Waals surface area (Å²) in [7, 11) is 0. The van der Waals surface area contributed by atoms with Crippen molar-refractivity contribution in [2.24, 2.45) is 11.0 Å². The normalized spacial score (nSPS) is 15.6. The summed E-state index contributed by atoms with van der Waals surface area (Å²) in [6, 6.07) is 18.4. The Morgan fingerprint density at radius 1 is 1.09 bits per heavy atom. The topological polar surface area (TPSA) is 71.0 Å². The Bertz CT molecular complexity index is 1250. The molecule has 0 radical (unpaired) electrons. The van der Waals surface area contributed by atoms with Gasteiger partial charge in [0.15, 0.2) is 0 Å². The van der Waals surface area contributed by atoms with Crippen LogP contribution in [0.4, 0.5) is 5.69 Å². The Morgan fingerprint density at radius 3 is 2.49 bits per heavy atom. The molecule has 1 N–H and O–H groups in total. The highest BCUT2D eigenvalue weighted by atomic mass is 35.5. The zero-order valence-corrected chi connectivity index (χ0v) is 20.9. The number of halogens is 2. The van der Waals surface area contributed by atoms with E-state index in [0.717, 1.165) is 27.9 Å². The maximum absolute atomic E-state index is 12.6. The van der Waals surface area contributed by atoms with Gasteiger partial charge in [-0.1, -0.05) is 35.3 Å². The number of carbonyl (C=O) groups excluding carboxylic acids is 2. The zero-order chi connectivity index (χ0) is 24.9. The summed E-state index contributed by atoms with van der Waals surface area (Å²) in [6.45, 7) is 4.62. The molecule has 2 amide bonds. The van der Waals surface area contributed by atoms with Crippen molar-refractivity contribution in [3.8, 4) is 5.75 Å². The molecule has 180 valence electrons. The first kappa shape index (κ1) is 24.8. The molecule has 4 rings (SSSR count). The van der Waals surface area contributed by atoms with E-state index in [1.165, 1.54) is 0 Å². The lowest BCUT2D eigenvalue weighted by Gasteiger charge is -2.17. The second-order valence-electron chi connectivity index (χ2n) is 8.47. The van der Waals surface area contributed by atoms with Gasteiger partial charge in [0, 0.05) is 34.3 Å². The van der Waals surface area contributed by atoms with Crippen molar-refractivity contribution in [1.29, 1.82) is 0 Å². The van der Waals surface area contributed by atoms with E-state index in [1.54, 1.807) is 41.4 Å². The number of rotatable bonds is 7. The number of ether oxygens (including phenoxy) is 1. The van der Waals surface area contributed by atoms with Crippen LogP contribution >= 0.6 is 23.2 Å². The monoisotopic (exact) mass is 509 g/mol. The number of nitrogens with one attached hydrogen (secondary N) is 1. The average Bonchev–Trinajstić information content (AvgIpc) is 3.23. The number of aryl methyl sites for hydroxylation is 2. The van der Waals surface area contributed by atoms with Crippen LogP contribution in [0.3, 0.4) is 0 Å². The van der Waals surface area contributed by atoms with Gasteiger partial charge in [-0.05, 0) is 79.1 Å². The molecule has 1 saturated heterocycles. The molecule has 0 spiro atoms. The van der Waals surface area contributed by atoms with Crippen LogP contribution < -0.4 is 15.1 Å². The largest absolute Gasteiger partial charge is 0.489 e. The van der Waals surface area contributed by atoms with Crippen LogP contribution in [-0.4, -0.2) is 24.6 Å². The van der Waals surface area contributed by atoms with Crippen molar-refractivity contribution in [1.82, 2.24) is 5.43 Å². The van der Waals surface area contributed by atoms with Gasteiger partial charge in [0.05, 0.1) is 12.1 Å². The Hall–Kier alpha value is -3.35. The van der Waals surface area contributed by atoms with E-state index in [-0.39, 0.29) is 24.8 Å². The number of nitrogens with zero attached hydrogens (tertiary/aromatic N) is 2. The molecule has 0 aliphatic carbocycles. The third-order valence-corrected chi connectivity index (χ3v) is 6.72. The van der Waals surface area contributed by atoms with Crippen molar-refractivity contribution in [3.05, 3.63) is 93.0 Å². The van der Waals surface area contributed by atoms with Crippen LogP contribution in [0.2, 0.25) is 10.0 Å². The Balaban J connectivity index is 1.29. The smallest absolute Gasteiger partial charge is 0.245 e. The summed E-state index contributed by atoms with van der Waals surface area (Å²) in [5.74, 6) is -0.143. The number of carbonyl (C=O) groups is 2. The number of benzene rings is 3. The lowest BCUT2D eigenvalue weighted by molar-refractivity contribution is -0.126. The minimum Gasteiger partial charge on any atom is -0.489 e. The Morgan fingerprint density at radius 2 is 1.80 bits per heavy atom. The first-order chi connectivity index (χ1) is 16.8. The number of amides is 2. The standard InChI is InChI=1S/C27H25Cl2N3O3/c1-17-6-9-21(12-18(17)2)32-15-20(13-26(32)33)27(34)31-30-14-19-7-10-22(11-8-19)35-16-23-24(28)4-3-5-25(23)29/h3-12,14,20H,13,15-16H2,1-2H3,(H,31,34)/b30-14-/t20-/m0/s1. The van der Waals surface area contributed by atoms with Gasteiger partial charge < -0.3 is 9.64 Å². The van der Waals surface area contributed by atoms with Crippen molar-refractivity contribution in [3.63, 3.8) is 0 Å². The number of hydrazone groups is 1. The van der Waals surface area contributed by atoms with Crippen molar-refractivity contribution < 1.29 is 14.3 Å². The minimum absolute atomic E-state index is 0.0638. The van der Waals surface area contributed by atoms with Crippen molar-refractivity contribution >= 4 is 46.9 Å². The molecule has 35 heavy (non-hydrogen) atoms. The van der Waals surface area contributed by atoms with Gasteiger partial charge in [0.25, 0.3) is 0 Å². The summed E-state index contributed by atoms with van der Waals surface area (Å²) in [6.07, 6.45) is 1.71. The van der Waals surface area contributed by atoms with E-state index in [4.69, 9.17) is 27.9 Å². The quantitative estimate of drug-likeness (QED) is 0.328. The second kappa shape index (κ2) is 10.9. The van der Waals surface area contributed by atoms with Gasteiger partial charge in [-0.15, -0.1) is 0 Å². The van der Waals surface area contributed by atoms with Crippen molar-refractivity contribution in [2.45, 2.75) is 26.9 Å². The number of anilines is 1. The molecular formula is C27H25Cl2N3O3. The third kappa shape index (κ3) is 6.02. The van der Waals surface area contributed by atoms with Crippen LogP contribution in [0.5, 0.6) is 5.75 Å². The molecule has 3 aromatic carbocycles. The van der Waals surface area contributed by atoms with E-state index in [9.17, 15) is 9.59 Å². The van der Waals surface area contributed by atoms with Crippen molar-refractivity contribution in [2.75, 3.05) is 11.4 Å². The fraction of sp³-hybridized carbons (Fsp3) is 0.222. The summed E-state index contributed by atoms with van der Waals surface area (Å²) in [5.41, 5.74) is 7.15.